The van der Waals surface area contributed by atoms with Gasteiger partial charge >= 0.3 is 0 Å². The summed E-state index contributed by atoms with van der Waals surface area (Å²) in [4.78, 5) is 25.0. The minimum atomic E-state index is -0.437. The number of amides is 1. The molecule has 6 nitrogen and oxygen atoms in total. The van der Waals surface area contributed by atoms with Gasteiger partial charge in [-0.1, -0.05) is 24.3 Å². The van der Waals surface area contributed by atoms with E-state index >= 15 is 0 Å². The number of nitrogens with zero attached hydrogens (tertiary/aromatic N) is 2. The number of non-ortho nitro benzene ring substituents is 1. The Morgan fingerprint density at radius 3 is 2.08 bits per heavy atom. The molecule has 2 aromatic rings. The van der Waals surface area contributed by atoms with E-state index in [0.717, 1.165) is 16.9 Å². The first kappa shape index (κ1) is 17.0. The number of carbonyl (C=O) groups is 1. The van der Waals surface area contributed by atoms with Gasteiger partial charge in [-0.2, -0.15) is 0 Å². The van der Waals surface area contributed by atoms with Gasteiger partial charge in [-0.3, -0.25) is 14.9 Å². The summed E-state index contributed by atoms with van der Waals surface area (Å²) in [6.07, 6.45) is 0. The molecule has 130 valence electrons. The van der Waals surface area contributed by atoms with E-state index in [1.54, 1.807) is 19.2 Å². The van der Waals surface area contributed by atoms with Crippen molar-refractivity contribution in [1.82, 2.24) is 4.90 Å². The third-order valence-corrected chi connectivity index (χ3v) is 4.61. The summed E-state index contributed by atoms with van der Waals surface area (Å²) < 4.78 is 5.20. The van der Waals surface area contributed by atoms with Gasteiger partial charge in [-0.25, -0.2) is 0 Å². The second-order valence-electron chi connectivity index (χ2n) is 6.38. The number of nitro groups is 1. The molecule has 0 saturated carbocycles. The van der Waals surface area contributed by atoms with Gasteiger partial charge in [0.1, 0.15) is 5.75 Å². The predicted octanol–water partition coefficient (Wildman–Crippen LogP) is 3.68. The maximum atomic E-state index is 12.7. The summed E-state index contributed by atoms with van der Waals surface area (Å²) >= 11 is 0. The lowest BCUT2D eigenvalue weighted by molar-refractivity contribution is -0.384. The number of carbonyl (C=O) groups excluding carboxylic acids is 1. The average Bonchev–Trinajstić information content (AvgIpc) is 2.60. The van der Waals surface area contributed by atoms with E-state index in [2.05, 4.69) is 0 Å². The van der Waals surface area contributed by atoms with Crippen LogP contribution >= 0.6 is 0 Å². The molecule has 0 aliphatic carbocycles. The molecular weight excluding hydrogens is 320 g/mol. The lowest BCUT2D eigenvalue weighted by Gasteiger charge is -2.50. The molecular formula is C19H20N2O4. The molecule has 2 aromatic carbocycles. The van der Waals surface area contributed by atoms with Crippen LogP contribution < -0.4 is 4.74 Å². The number of hydrogen-bond acceptors (Lipinski definition) is 4. The van der Waals surface area contributed by atoms with E-state index in [0.29, 0.717) is 0 Å². The highest BCUT2D eigenvalue weighted by atomic mass is 16.6. The highest BCUT2D eigenvalue weighted by molar-refractivity contribution is 5.92. The van der Waals surface area contributed by atoms with Gasteiger partial charge in [0.05, 0.1) is 24.0 Å². The summed E-state index contributed by atoms with van der Waals surface area (Å²) in [5.74, 6) is 0.485. The van der Waals surface area contributed by atoms with Crippen molar-refractivity contribution in [2.24, 2.45) is 0 Å². The Kier molecular flexibility index (Phi) is 4.44. The van der Waals surface area contributed by atoms with E-state index in [1.807, 2.05) is 43.0 Å². The normalized spacial score (nSPS) is 19.7. The third kappa shape index (κ3) is 2.95. The number of ether oxygens (including phenoxy) is 1. The van der Waals surface area contributed by atoms with Crippen molar-refractivity contribution >= 4 is 11.6 Å². The molecule has 0 unspecified atom stereocenters. The Bertz CT molecular complexity index is 784. The quantitative estimate of drug-likeness (QED) is 0.473. The minimum absolute atomic E-state index is 0.0252. The van der Waals surface area contributed by atoms with E-state index in [4.69, 9.17) is 4.74 Å². The van der Waals surface area contributed by atoms with Crippen molar-refractivity contribution in [3.63, 3.8) is 0 Å². The van der Waals surface area contributed by atoms with Gasteiger partial charge in [-0.05, 0) is 37.1 Å². The minimum Gasteiger partial charge on any atom is -0.497 e. The third-order valence-electron chi connectivity index (χ3n) is 4.61. The molecule has 0 N–H and O–H groups in total. The van der Waals surface area contributed by atoms with Crippen LogP contribution in [0.1, 0.15) is 36.9 Å². The molecule has 0 radical (unpaired) electrons. The second kappa shape index (κ2) is 6.55. The SMILES string of the molecule is COc1ccc([C@H]2[C@H](c3ccc([N+](=O)[O-])cc3)C(=O)N2C(C)C)cc1. The Labute approximate surface area is 146 Å². The van der Waals surface area contributed by atoms with Crippen LogP contribution in [0.3, 0.4) is 0 Å². The zero-order valence-corrected chi connectivity index (χ0v) is 14.4. The summed E-state index contributed by atoms with van der Waals surface area (Å²) in [6.45, 7) is 3.97. The van der Waals surface area contributed by atoms with E-state index in [-0.39, 0.29) is 29.6 Å². The van der Waals surface area contributed by atoms with Crippen LogP contribution in [-0.4, -0.2) is 28.9 Å². The number of hydrogen-bond donors (Lipinski definition) is 0. The molecule has 3 rings (SSSR count). The fraction of sp³-hybridized carbons (Fsp3) is 0.316. The van der Waals surface area contributed by atoms with E-state index < -0.39 is 4.92 Å². The van der Waals surface area contributed by atoms with Crippen LogP contribution in [0.4, 0.5) is 5.69 Å². The Morgan fingerprint density at radius 2 is 1.60 bits per heavy atom. The van der Waals surface area contributed by atoms with Crippen molar-refractivity contribution in [2.75, 3.05) is 7.11 Å². The van der Waals surface area contributed by atoms with Crippen molar-refractivity contribution in [3.8, 4) is 5.75 Å². The van der Waals surface area contributed by atoms with Crippen LogP contribution in [0.2, 0.25) is 0 Å². The van der Waals surface area contributed by atoms with Crippen LogP contribution in [0.15, 0.2) is 48.5 Å². The first-order valence-corrected chi connectivity index (χ1v) is 8.14. The molecule has 1 fully saturated rings. The zero-order valence-electron chi connectivity index (χ0n) is 14.4. The summed E-state index contributed by atoms with van der Waals surface area (Å²) in [6, 6.07) is 13.9. The zero-order chi connectivity index (χ0) is 18.1. The van der Waals surface area contributed by atoms with E-state index in [1.165, 1.54) is 12.1 Å². The number of likely N-dealkylation sites (tertiary alicyclic amines) is 1. The Morgan fingerprint density at radius 1 is 1.04 bits per heavy atom. The first-order valence-electron chi connectivity index (χ1n) is 8.14. The maximum Gasteiger partial charge on any atom is 0.269 e. The van der Waals surface area contributed by atoms with Crippen LogP contribution in [0.5, 0.6) is 5.75 Å². The topological polar surface area (TPSA) is 72.7 Å². The smallest absolute Gasteiger partial charge is 0.269 e. The van der Waals surface area contributed by atoms with Gasteiger partial charge in [0.2, 0.25) is 5.91 Å². The molecule has 6 heteroatoms. The lowest BCUT2D eigenvalue weighted by atomic mass is 9.77. The monoisotopic (exact) mass is 340 g/mol. The summed E-state index contributed by atoms with van der Waals surface area (Å²) in [5, 5.41) is 10.8. The van der Waals surface area contributed by atoms with E-state index in [9.17, 15) is 14.9 Å². The van der Waals surface area contributed by atoms with Crippen molar-refractivity contribution in [2.45, 2.75) is 31.8 Å². The molecule has 1 amide bonds. The molecule has 0 bridgehead atoms. The van der Waals surface area contributed by atoms with Crippen LogP contribution in [-0.2, 0) is 4.79 Å². The molecule has 0 aromatic heterocycles. The number of benzene rings is 2. The molecule has 0 spiro atoms. The van der Waals surface area contributed by atoms with Crippen LogP contribution in [0.25, 0.3) is 0 Å². The van der Waals surface area contributed by atoms with Gasteiger partial charge in [-0.15, -0.1) is 0 Å². The largest absolute Gasteiger partial charge is 0.497 e. The average molecular weight is 340 g/mol. The molecule has 1 aliphatic rings. The second-order valence-corrected chi connectivity index (χ2v) is 6.38. The Balaban J connectivity index is 1.95. The standard InChI is InChI=1S/C19H20N2O4/c1-12(2)20-18(14-6-10-16(25-3)11-7-14)17(19(20)22)13-4-8-15(9-5-13)21(23)24/h4-12,17-18H,1-3H3/t17-,18-/m0/s1. The first-order chi connectivity index (χ1) is 11.9. The molecule has 1 saturated heterocycles. The van der Waals surface area contributed by atoms with Gasteiger partial charge in [0, 0.05) is 18.2 Å². The van der Waals surface area contributed by atoms with Gasteiger partial charge in [0.15, 0.2) is 0 Å². The highest BCUT2D eigenvalue weighted by Crippen LogP contribution is 2.48. The predicted molar refractivity (Wildman–Crippen MR) is 93.6 cm³/mol. The van der Waals surface area contributed by atoms with Crippen LogP contribution in [0, 0.1) is 10.1 Å². The number of nitro benzene ring substituents is 1. The van der Waals surface area contributed by atoms with Gasteiger partial charge < -0.3 is 9.64 Å². The molecule has 2 atom stereocenters. The number of rotatable bonds is 5. The fourth-order valence-corrected chi connectivity index (χ4v) is 3.37. The fourth-order valence-electron chi connectivity index (χ4n) is 3.37. The lowest BCUT2D eigenvalue weighted by Crippen LogP contribution is -2.56. The summed E-state index contributed by atoms with van der Waals surface area (Å²) in [7, 11) is 1.61. The van der Waals surface area contributed by atoms with Crippen molar-refractivity contribution in [1.29, 1.82) is 0 Å². The van der Waals surface area contributed by atoms with Crippen molar-refractivity contribution in [3.05, 3.63) is 69.8 Å². The molecule has 1 heterocycles. The molecule has 25 heavy (non-hydrogen) atoms. The summed E-state index contributed by atoms with van der Waals surface area (Å²) in [5.41, 5.74) is 1.85. The maximum absolute atomic E-state index is 12.7. The number of methoxy groups -OCH3 is 1. The van der Waals surface area contributed by atoms with Gasteiger partial charge in [0.25, 0.3) is 5.69 Å². The highest BCUT2D eigenvalue weighted by Gasteiger charge is 2.49. The Hall–Kier alpha value is -2.89. The van der Waals surface area contributed by atoms with Crippen molar-refractivity contribution < 1.29 is 14.5 Å². The molecule has 1 aliphatic heterocycles. The number of β-lactam (4-membered cyclic amide) rings is 1.